The number of carboxylic acids is 1. The Balaban J connectivity index is 2.15. The summed E-state index contributed by atoms with van der Waals surface area (Å²) < 4.78 is 0. The lowest BCUT2D eigenvalue weighted by molar-refractivity contribution is -0.147. The number of nitrogens with zero attached hydrogens (tertiary/aromatic N) is 1. The van der Waals surface area contributed by atoms with Crippen LogP contribution >= 0.6 is 11.8 Å². The lowest BCUT2D eigenvalue weighted by Crippen LogP contribution is -2.58. The van der Waals surface area contributed by atoms with Crippen molar-refractivity contribution in [2.75, 3.05) is 31.6 Å². The highest BCUT2D eigenvalue weighted by Gasteiger charge is 2.65. The Hall–Kier alpha value is -0.805. The summed E-state index contributed by atoms with van der Waals surface area (Å²) in [7, 11) is -1.40. The standard InChI is InChI=1S/C15H28BN3O5S/c1-25-8-3-11(17)12(20)19-9-14(4-2-6-16(23)24)5-7-18-15(14,10-19)13(21)22/h11,18,23-24H,2-10,17H2,1H3,(H,21,22)/t11-,14+,15+/m0/s1. The van der Waals surface area contributed by atoms with Gasteiger partial charge in [0.2, 0.25) is 5.91 Å². The second-order valence-electron chi connectivity index (χ2n) is 7.12. The molecule has 2 rings (SSSR count). The molecule has 0 aromatic rings. The molecular formula is C15H28BN3O5S. The number of nitrogens with one attached hydrogen (secondary N) is 1. The van der Waals surface area contributed by atoms with E-state index in [2.05, 4.69) is 5.32 Å². The molecule has 2 aliphatic heterocycles. The maximum absolute atomic E-state index is 12.7. The van der Waals surface area contributed by atoms with Crippen LogP contribution < -0.4 is 11.1 Å². The van der Waals surface area contributed by atoms with Gasteiger partial charge in [-0.1, -0.05) is 6.42 Å². The maximum Gasteiger partial charge on any atom is 0.451 e. The predicted molar refractivity (Wildman–Crippen MR) is 97.2 cm³/mol. The van der Waals surface area contributed by atoms with Gasteiger partial charge in [0.05, 0.1) is 12.6 Å². The molecule has 2 saturated heterocycles. The molecule has 0 spiro atoms. The zero-order valence-corrected chi connectivity index (χ0v) is 15.4. The number of fused-ring (bicyclic) bond motifs is 1. The van der Waals surface area contributed by atoms with Crippen molar-refractivity contribution in [3.8, 4) is 0 Å². The van der Waals surface area contributed by atoms with Crippen LogP contribution in [0.25, 0.3) is 0 Å². The lowest BCUT2D eigenvalue weighted by atomic mass is 9.68. The van der Waals surface area contributed by atoms with Crippen molar-refractivity contribution in [2.24, 2.45) is 11.1 Å². The number of hydrogen-bond acceptors (Lipinski definition) is 7. The summed E-state index contributed by atoms with van der Waals surface area (Å²) in [5.74, 6) is -0.377. The maximum atomic E-state index is 12.7. The van der Waals surface area contributed by atoms with E-state index in [4.69, 9.17) is 15.8 Å². The molecule has 0 radical (unpaired) electrons. The van der Waals surface area contributed by atoms with E-state index in [0.717, 1.165) is 5.75 Å². The van der Waals surface area contributed by atoms with Crippen LogP contribution in [0.1, 0.15) is 25.7 Å². The third-order valence-corrected chi connectivity index (χ3v) is 6.25. The molecule has 142 valence electrons. The van der Waals surface area contributed by atoms with Crippen LogP contribution in [0.5, 0.6) is 0 Å². The Morgan fingerprint density at radius 3 is 2.72 bits per heavy atom. The third kappa shape index (κ3) is 3.98. The number of amides is 1. The number of likely N-dealkylation sites (tertiary alicyclic amines) is 1. The summed E-state index contributed by atoms with van der Waals surface area (Å²) in [6, 6.07) is -0.617. The number of nitrogens with two attached hydrogens (primary N) is 1. The molecule has 2 aliphatic rings. The molecule has 6 N–H and O–H groups in total. The molecule has 8 nitrogen and oxygen atoms in total. The lowest BCUT2D eigenvalue weighted by Gasteiger charge is -2.35. The predicted octanol–water partition coefficient (Wildman–Crippen LogP) is -1.03. The topological polar surface area (TPSA) is 136 Å². The Morgan fingerprint density at radius 1 is 1.40 bits per heavy atom. The largest absolute Gasteiger partial charge is 0.480 e. The fourth-order valence-corrected chi connectivity index (χ4v) is 4.72. The second-order valence-corrected chi connectivity index (χ2v) is 8.11. The van der Waals surface area contributed by atoms with Gasteiger partial charge in [0, 0.05) is 12.0 Å². The molecule has 0 aromatic carbocycles. The summed E-state index contributed by atoms with van der Waals surface area (Å²) in [6.07, 6.45) is 4.37. The molecule has 2 heterocycles. The molecule has 1 amide bonds. The van der Waals surface area contributed by atoms with Gasteiger partial charge < -0.3 is 25.8 Å². The van der Waals surface area contributed by atoms with Crippen LogP contribution in [0.4, 0.5) is 0 Å². The average molecular weight is 373 g/mol. The van der Waals surface area contributed by atoms with E-state index in [9.17, 15) is 14.7 Å². The number of aliphatic carboxylic acids is 1. The van der Waals surface area contributed by atoms with E-state index < -0.39 is 30.1 Å². The van der Waals surface area contributed by atoms with Crippen molar-refractivity contribution in [1.82, 2.24) is 10.2 Å². The number of carboxylic acid groups (broad SMARTS) is 1. The minimum Gasteiger partial charge on any atom is -0.480 e. The van der Waals surface area contributed by atoms with E-state index in [1.54, 1.807) is 16.7 Å². The summed E-state index contributed by atoms with van der Waals surface area (Å²) in [6.45, 7) is 1.03. The molecule has 2 fully saturated rings. The van der Waals surface area contributed by atoms with Gasteiger partial charge in [-0.2, -0.15) is 11.8 Å². The van der Waals surface area contributed by atoms with Crippen LogP contribution in [0.3, 0.4) is 0 Å². The first-order chi connectivity index (χ1) is 11.8. The molecular weight excluding hydrogens is 345 g/mol. The number of carbonyl (C=O) groups excluding carboxylic acids is 1. The zero-order chi connectivity index (χ0) is 18.7. The molecule has 25 heavy (non-hydrogen) atoms. The normalized spacial score (nSPS) is 29.5. The SMILES string of the molecule is CSCC[C@H](N)C(=O)N1C[C@@]2(CCCB(O)O)CCN[C@@]2(C(=O)O)C1. The first-order valence-corrected chi connectivity index (χ1v) is 10.1. The first-order valence-electron chi connectivity index (χ1n) is 8.66. The highest BCUT2D eigenvalue weighted by molar-refractivity contribution is 7.98. The van der Waals surface area contributed by atoms with Gasteiger partial charge >= 0.3 is 13.1 Å². The molecule has 0 bridgehead atoms. The smallest absolute Gasteiger partial charge is 0.451 e. The fraction of sp³-hybridized carbons (Fsp3) is 0.867. The monoisotopic (exact) mass is 373 g/mol. The number of rotatable bonds is 9. The molecule has 0 unspecified atom stereocenters. The van der Waals surface area contributed by atoms with Crippen LogP contribution in [-0.2, 0) is 9.59 Å². The van der Waals surface area contributed by atoms with E-state index >= 15 is 0 Å². The number of thioether (sulfide) groups is 1. The average Bonchev–Trinajstić information content (AvgIpc) is 3.04. The van der Waals surface area contributed by atoms with Crippen LogP contribution in [0.2, 0.25) is 6.32 Å². The molecule has 0 aromatic heterocycles. The summed E-state index contributed by atoms with van der Waals surface area (Å²) in [4.78, 5) is 26.3. The van der Waals surface area contributed by atoms with E-state index in [1.807, 2.05) is 6.26 Å². The van der Waals surface area contributed by atoms with Gasteiger partial charge in [-0.05, 0) is 44.1 Å². The number of carbonyl (C=O) groups is 2. The van der Waals surface area contributed by atoms with Gasteiger partial charge in [0.15, 0.2) is 0 Å². The highest BCUT2D eigenvalue weighted by Crippen LogP contribution is 2.50. The van der Waals surface area contributed by atoms with Crippen LogP contribution in [0.15, 0.2) is 0 Å². The van der Waals surface area contributed by atoms with Crippen molar-refractivity contribution < 1.29 is 24.7 Å². The van der Waals surface area contributed by atoms with Gasteiger partial charge in [-0.25, -0.2) is 0 Å². The Kier molecular flexibility index (Phi) is 6.77. The molecule has 10 heteroatoms. The van der Waals surface area contributed by atoms with E-state index in [-0.39, 0.29) is 18.8 Å². The van der Waals surface area contributed by atoms with Gasteiger partial charge in [-0.3, -0.25) is 14.9 Å². The van der Waals surface area contributed by atoms with Crippen LogP contribution in [-0.4, -0.2) is 82.3 Å². The molecule has 0 saturated carbocycles. The van der Waals surface area contributed by atoms with E-state index in [0.29, 0.717) is 38.8 Å². The minimum absolute atomic E-state index is 0.107. The Bertz CT molecular complexity index is 512. The van der Waals surface area contributed by atoms with E-state index in [1.165, 1.54) is 0 Å². The fourth-order valence-electron chi connectivity index (χ4n) is 4.23. The second kappa shape index (κ2) is 8.26. The van der Waals surface area contributed by atoms with Crippen LogP contribution in [0, 0.1) is 5.41 Å². The Morgan fingerprint density at radius 2 is 2.12 bits per heavy atom. The van der Waals surface area contributed by atoms with Crippen molar-refractivity contribution in [3.05, 3.63) is 0 Å². The van der Waals surface area contributed by atoms with Crippen molar-refractivity contribution in [3.63, 3.8) is 0 Å². The van der Waals surface area contributed by atoms with Crippen molar-refractivity contribution >= 4 is 30.8 Å². The summed E-state index contributed by atoms with van der Waals surface area (Å²) >= 11 is 1.62. The number of hydrogen-bond donors (Lipinski definition) is 5. The van der Waals surface area contributed by atoms with Gasteiger partial charge in [0.25, 0.3) is 0 Å². The van der Waals surface area contributed by atoms with Gasteiger partial charge in [0.1, 0.15) is 5.54 Å². The Labute approximate surface area is 152 Å². The highest BCUT2D eigenvalue weighted by atomic mass is 32.2. The third-order valence-electron chi connectivity index (χ3n) is 5.60. The summed E-state index contributed by atoms with van der Waals surface area (Å²) in [5.41, 5.74) is 4.22. The minimum atomic E-state index is -1.40. The first kappa shape index (κ1) is 20.5. The molecule has 3 atom stereocenters. The molecule has 0 aliphatic carbocycles. The summed E-state index contributed by atoms with van der Waals surface area (Å²) in [5, 5.41) is 31.2. The quantitative estimate of drug-likeness (QED) is 0.324. The van der Waals surface area contributed by atoms with Gasteiger partial charge in [-0.15, -0.1) is 0 Å². The van der Waals surface area contributed by atoms with Crippen molar-refractivity contribution in [1.29, 1.82) is 0 Å². The van der Waals surface area contributed by atoms with Crippen molar-refractivity contribution in [2.45, 2.75) is 43.6 Å². The zero-order valence-electron chi connectivity index (χ0n) is 14.6.